The Balaban J connectivity index is 2.36. The van der Waals surface area contributed by atoms with Crippen LogP contribution in [0.5, 0.6) is 0 Å². The molecule has 0 spiro atoms. The molecule has 0 bridgehead atoms. The number of H-pyrrole nitrogens is 1. The maximum absolute atomic E-state index is 11.5. The number of imidazole rings is 1. The maximum Gasteiger partial charge on any atom is 0.177 e. The Morgan fingerprint density at radius 2 is 2.33 bits per heavy atom. The third-order valence-corrected chi connectivity index (χ3v) is 4.93. The van der Waals surface area contributed by atoms with Crippen molar-refractivity contribution < 1.29 is 8.42 Å². The lowest BCUT2D eigenvalue weighted by Crippen LogP contribution is -2.28. The molecule has 1 aromatic heterocycles. The predicted octanol–water partition coefficient (Wildman–Crippen LogP) is 1.60. The maximum atomic E-state index is 11.5. The molecular formula is C9H14N2O2S2. The van der Waals surface area contributed by atoms with Crippen LogP contribution in [0, 0.1) is 11.7 Å². The van der Waals surface area contributed by atoms with Gasteiger partial charge < -0.3 is 9.55 Å². The minimum atomic E-state index is -2.87. The molecule has 1 aliphatic rings. The van der Waals surface area contributed by atoms with E-state index in [1.165, 1.54) is 0 Å². The highest BCUT2D eigenvalue weighted by molar-refractivity contribution is 7.91. The summed E-state index contributed by atoms with van der Waals surface area (Å²) in [6.07, 6.45) is 3.45. The van der Waals surface area contributed by atoms with E-state index in [2.05, 4.69) is 4.98 Å². The van der Waals surface area contributed by atoms with Crippen LogP contribution in [0.2, 0.25) is 0 Å². The molecule has 2 heterocycles. The molecule has 4 nitrogen and oxygen atoms in total. The number of aromatic amines is 1. The van der Waals surface area contributed by atoms with E-state index in [0.29, 0.717) is 10.5 Å². The van der Waals surface area contributed by atoms with Crippen molar-refractivity contribution in [1.29, 1.82) is 0 Å². The van der Waals surface area contributed by atoms with Crippen LogP contribution in [0.1, 0.15) is 24.6 Å². The molecule has 1 fully saturated rings. The van der Waals surface area contributed by atoms with Gasteiger partial charge in [0.1, 0.15) is 0 Å². The predicted molar refractivity (Wildman–Crippen MR) is 61.3 cm³/mol. The zero-order chi connectivity index (χ0) is 11.1. The first-order chi connectivity index (χ1) is 6.99. The summed E-state index contributed by atoms with van der Waals surface area (Å²) in [6, 6.07) is 0.0162. The third-order valence-electron chi connectivity index (χ3n) is 2.81. The largest absolute Gasteiger partial charge is 0.337 e. The van der Waals surface area contributed by atoms with Gasteiger partial charge in [-0.2, -0.15) is 0 Å². The summed E-state index contributed by atoms with van der Waals surface area (Å²) in [6.45, 7) is 1.94. The van der Waals surface area contributed by atoms with E-state index < -0.39 is 9.84 Å². The van der Waals surface area contributed by atoms with Gasteiger partial charge in [-0.1, -0.05) is 0 Å². The molecule has 0 aliphatic carbocycles. The summed E-state index contributed by atoms with van der Waals surface area (Å²) in [5.74, 6) is 0.542. The Bertz CT molecular complexity index is 512. The Labute approximate surface area is 94.2 Å². The van der Waals surface area contributed by atoms with Crippen molar-refractivity contribution in [1.82, 2.24) is 9.55 Å². The highest BCUT2D eigenvalue weighted by Gasteiger charge is 2.26. The number of nitrogens with one attached hydrogen (secondary N) is 1. The molecule has 6 heteroatoms. The molecule has 1 saturated heterocycles. The quantitative estimate of drug-likeness (QED) is 0.766. The average molecular weight is 246 g/mol. The zero-order valence-electron chi connectivity index (χ0n) is 8.56. The lowest BCUT2D eigenvalue weighted by Gasteiger charge is -2.24. The highest BCUT2D eigenvalue weighted by Crippen LogP contribution is 2.24. The zero-order valence-corrected chi connectivity index (χ0v) is 10.2. The van der Waals surface area contributed by atoms with Gasteiger partial charge in [0.2, 0.25) is 0 Å². The monoisotopic (exact) mass is 246 g/mol. The first kappa shape index (κ1) is 10.9. The Morgan fingerprint density at radius 1 is 1.60 bits per heavy atom. The van der Waals surface area contributed by atoms with Gasteiger partial charge in [0, 0.05) is 11.9 Å². The van der Waals surface area contributed by atoms with E-state index in [1.54, 1.807) is 0 Å². The van der Waals surface area contributed by atoms with E-state index in [9.17, 15) is 8.42 Å². The number of aromatic nitrogens is 2. The van der Waals surface area contributed by atoms with Crippen LogP contribution >= 0.6 is 12.2 Å². The van der Waals surface area contributed by atoms with Crippen molar-refractivity contribution in [3.8, 4) is 0 Å². The van der Waals surface area contributed by atoms with Crippen LogP contribution < -0.4 is 0 Å². The molecule has 84 valence electrons. The summed E-state index contributed by atoms with van der Waals surface area (Å²) >= 11 is 5.14. The second kappa shape index (κ2) is 3.75. The van der Waals surface area contributed by atoms with E-state index >= 15 is 0 Å². The van der Waals surface area contributed by atoms with Gasteiger partial charge in [-0.25, -0.2) is 8.42 Å². The number of sulfone groups is 1. The second-order valence-electron chi connectivity index (χ2n) is 4.02. The average Bonchev–Trinajstić information content (AvgIpc) is 2.44. The van der Waals surface area contributed by atoms with Crippen molar-refractivity contribution in [3.05, 3.63) is 16.7 Å². The fourth-order valence-corrected chi connectivity index (χ4v) is 4.15. The summed E-state index contributed by atoms with van der Waals surface area (Å²) < 4.78 is 25.6. The van der Waals surface area contributed by atoms with Gasteiger partial charge in [0.15, 0.2) is 14.6 Å². The summed E-state index contributed by atoms with van der Waals surface area (Å²) in [7, 11) is -2.87. The smallest absolute Gasteiger partial charge is 0.177 e. The van der Waals surface area contributed by atoms with Crippen LogP contribution in [-0.2, 0) is 9.84 Å². The van der Waals surface area contributed by atoms with Crippen molar-refractivity contribution >= 4 is 22.1 Å². The third kappa shape index (κ3) is 2.15. The van der Waals surface area contributed by atoms with E-state index in [4.69, 9.17) is 12.2 Å². The normalized spacial score (nSPS) is 25.3. The molecule has 1 aliphatic heterocycles. The minimum Gasteiger partial charge on any atom is -0.337 e. The molecular weight excluding hydrogens is 232 g/mol. The fraction of sp³-hybridized carbons (Fsp3) is 0.667. The van der Waals surface area contributed by atoms with Gasteiger partial charge in [-0.15, -0.1) is 0 Å². The van der Waals surface area contributed by atoms with Gasteiger partial charge in [-0.3, -0.25) is 0 Å². The van der Waals surface area contributed by atoms with Crippen molar-refractivity contribution in [2.45, 2.75) is 25.8 Å². The molecule has 0 radical (unpaired) electrons. The SMILES string of the molecule is Cc1c[nH]c(=S)n1C1CCCS(=O)(=O)C1. The van der Waals surface area contributed by atoms with Crippen LogP contribution in [0.3, 0.4) is 0 Å². The molecule has 1 N–H and O–H groups in total. The van der Waals surface area contributed by atoms with Gasteiger partial charge >= 0.3 is 0 Å². The van der Waals surface area contributed by atoms with E-state index in [0.717, 1.165) is 18.5 Å². The fourth-order valence-electron chi connectivity index (χ4n) is 2.12. The van der Waals surface area contributed by atoms with E-state index in [-0.39, 0.29) is 11.8 Å². The Kier molecular flexibility index (Phi) is 2.72. The van der Waals surface area contributed by atoms with Gasteiger partial charge in [0.05, 0.1) is 17.5 Å². The highest BCUT2D eigenvalue weighted by atomic mass is 32.2. The lowest BCUT2D eigenvalue weighted by molar-refractivity contribution is 0.460. The lowest BCUT2D eigenvalue weighted by atomic mass is 10.2. The first-order valence-electron chi connectivity index (χ1n) is 4.96. The number of hydrogen-bond donors (Lipinski definition) is 1. The Morgan fingerprint density at radius 3 is 2.87 bits per heavy atom. The molecule has 0 amide bonds. The number of aryl methyl sites for hydroxylation is 1. The second-order valence-corrected chi connectivity index (χ2v) is 6.63. The molecule has 15 heavy (non-hydrogen) atoms. The molecule has 2 rings (SSSR count). The van der Waals surface area contributed by atoms with Crippen molar-refractivity contribution in [3.63, 3.8) is 0 Å². The molecule has 0 aromatic carbocycles. The number of rotatable bonds is 1. The molecule has 1 aromatic rings. The first-order valence-corrected chi connectivity index (χ1v) is 7.19. The summed E-state index contributed by atoms with van der Waals surface area (Å²) in [4.78, 5) is 2.94. The van der Waals surface area contributed by atoms with Crippen molar-refractivity contribution in [2.24, 2.45) is 0 Å². The Hall–Kier alpha value is -0.620. The van der Waals surface area contributed by atoms with Crippen molar-refractivity contribution in [2.75, 3.05) is 11.5 Å². The van der Waals surface area contributed by atoms with E-state index in [1.807, 2.05) is 17.7 Å². The topological polar surface area (TPSA) is 54.9 Å². The van der Waals surface area contributed by atoms with Crippen LogP contribution in [0.25, 0.3) is 0 Å². The molecule has 1 atom stereocenters. The van der Waals surface area contributed by atoms with Gasteiger partial charge in [-0.05, 0) is 32.0 Å². The van der Waals surface area contributed by atoms with Gasteiger partial charge in [0.25, 0.3) is 0 Å². The standard InChI is InChI=1S/C9H14N2O2S2/c1-7-5-10-9(14)11(7)8-3-2-4-15(12,13)6-8/h5,8H,2-4,6H2,1H3,(H,10,14). The van der Waals surface area contributed by atoms with Crippen LogP contribution in [-0.4, -0.2) is 29.5 Å². The van der Waals surface area contributed by atoms with Crippen LogP contribution in [0.4, 0.5) is 0 Å². The molecule has 1 unspecified atom stereocenters. The number of hydrogen-bond acceptors (Lipinski definition) is 3. The summed E-state index contributed by atoms with van der Waals surface area (Å²) in [5, 5.41) is 0. The van der Waals surface area contributed by atoms with Crippen LogP contribution in [0.15, 0.2) is 6.20 Å². The number of nitrogens with zero attached hydrogens (tertiary/aromatic N) is 1. The molecule has 0 saturated carbocycles. The summed E-state index contributed by atoms with van der Waals surface area (Å²) in [5.41, 5.74) is 1.00. The minimum absolute atomic E-state index is 0.0162.